The number of hydrogen-bond donors (Lipinski definition) is 2. The SMILES string of the molecule is Cc1ccsc1C(=O)NCc1ccc(C#CCCO)s1. The molecular weight excluding hydrogens is 290 g/mol. The summed E-state index contributed by atoms with van der Waals surface area (Å²) in [5.41, 5.74) is 1.01. The lowest BCUT2D eigenvalue weighted by Crippen LogP contribution is -2.21. The van der Waals surface area contributed by atoms with E-state index in [0.29, 0.717) is 13.0 Å². The molecule has 0 fully saturated rings. The first-order valence-electron chi connectivity index (χ1n) is 6.21. The number of aliphatic hydroxyl groups excluding tert-OH is 1. The van der Waals surface area contributed by atoms with E-state index in [4.69, 9.17) is 5.11 Å². The highest BCUT2D eigenvalue weighted by Crippen LogP contribution is 2.17. The molecule has 3 nitrogen and oxygen atoms in total. The molecule has 104 valence electrons. The van der Waals surface area contributed by atoms with Gasteiger partial charge in [-0.15, -0.1) is 22.7 Å². The highest BCUT2D eigenvalue weighted by atomic mass is 32.1. The van der Waals surface area contributed by atoms with Gasteiger partial charge < -0.3 is 10.4 Å². The predicted molar refractivity (Wildman–Crippen MR) is 83.1 cm³/mol. The van der Waals surface area contributed by atoms with Crippen molar-refractivity contribution in [2.45, 2.75) is 19.9 Å². The van der Waals surface area contributed by atoms with E-state index >= 15 is 0 Å². The molecule has 0 radical (unpaired) electrons. The topological polar surface area (TPSA) is 49.3 Å². The van der Waals surface area contributed by atoms with Gasteiger partial charge in [0.05, 0.1) is 22.9 Å². The third-order valence-corrected chi connectivity index (χ3v) is 4.62. The largest absolute Gasteiger partial charge is 0.395 e. The number of hydrogen-bond acceptors (Lipinski definition) is 4. The maximum atomic E-state index is 12.0. The van der Waals surface area contributed by atoms with Gasteiger partial charge in [-0.3, -0.25) is 4.79 Å². The molecule has 2 aromatic heterocycles. The standard InChI is InChI=1S/C15H15NO2S2/c1-11-7-9-19-14(11)15(18)16-10-13-6-5-12(20-13)4-2-3-8-17/h5-7,9,17H,3,8,10H2,1H3,(H,16,18). The molecule has 1 amide bonds. The van der Waals surface area contributed by atoms with E-state index in [2.05, 4.69) is 17.2 Å². The van der Waals surface area contributed by atoms with Crippen molar-refractivity contribution in [3.63, 3.8) is 0 Å². The smallest absolute Gasteiger partial charge is 0.261 e. The molecule has 0 unspecified atom stereocenters. The molecule has 0 saturated heterocycles. The van der Waals surface area contributed by atoms with E-state index in [1.54, 1.807) is 11.3 Å². The normalized spacial score (nSPS) is 9.90. The Bertz CT molecular complexity index is 646. The van der Waals surface area contributed by atoms with Gasteiger partial charge in [-0.1, -0.05) is 11.8 Å². The first-order valence-corrected chi connectivity index (χ1v) is 7.91. The summed E-state index contributed by atoms with van der Waals surface area (Å²) in [6.45, 7) is 2.54. The zero-order valence-corrected chi connectivity index (χ0v) is 12.7. The molecule has 0 atom stereocenters. The number of nitrogens with one attached hydrogen (secondary N) is 1. The van der Waals surface area contributed by atoms with E-state index < -0.39 is 0 Å². The fourth-order valence-electron chi connectivity index (χ4n) is 1.60. The minimum atomic E-state index is -0.0289. The summed E-state index contributed by atoms with van der Waals surface area (Å²) in [5, 5.41) is 13.5. The molecule has 0 bridgehead atoms. The van der Waals surface area contributed by atoms with Gasteiger partial charge in [-0.05, 0) is 36.1 Å². The van der Waals surface area contributed by atoms with Gasteiger partial charge in [0.1, 0.15) is 0 Å². The average molecular weight is 305 g/mol. The van der Waals surface area contributed by atoms with Crippen LogP contribution in [-0.4, -0.2) is 17.6 Å². The Kier molecular flexibility index (Phi) is 5.36. The second-order valence-corrected chi connectivity index (χ2v) is 6.24. The van der Waals surface area contributed by atoms with Crippen LogP contribution in [0.1, 0.15) is 31.4 Å². The van der Waals surface area contributed by atoms with Crippen LogP contribution in [-0.2, 0) is 6.54 Å². The Labute approximate surface area is 126 Å². The number of carbonyl (C=O) groups is 1. The van der Waals surface area contributed by atoms with E-state index in [1.807, 2.05) is 30.5 Å². The van der Waals surface area contributed by atoms with Gasteiger partial charge in [0.25, 0.3) is 5.91 Å². The van der Waals surface area contributed by atoms with Crippen molar-refractivity contribution in [2.75, 3.05) is 6.61 Å². The molecular formula is C15H15NO2S2. The van der Waals surface area contributed by atoms with Gasteiger partial charge in [0, 0.05) is 11.3 Å². The highest BCUT2D eigenvalue weighted by molar-refractivity contribution is 7.12. The van der Waals surface area contributed by atoms with Crippen molar-refractivity contribution in [1.82, 2.24) is 5.32 Å². The van der Waals surface area contributed by atoms with E-state index in [0.717, 1.165) is 20.2 Å². The van der Waals surface area contributed by atoms with E-state index in [9.17, 15) is 4.79 Å². The van der Waals surface area contributed by atoms with Crippen molar-refractivity contribution in [2.24, 2.45) is 0 Å². The quantitative estimate of drug-likeness (QED) is 0.853. The monoisotopic (exact) mass is 305 g/mol. The van der Waals surface area contributed by atoms with Crippen molar-refractivity contribution >= 4 is 28.6 Å². The molecule has 2 heterocycles. The van der Waals surface area contributed by atoms with Crippen molar-refractivity contribution in [3.8, 4) is 11.8 Å². The van der Waals surface area contributed by atoms with Crippen LogP contribution in [0.4, 0.5) is 0 Å². The van der Waals surface area contributed by atoms with Crippen LogP contribution in [0, 0.1) is 18.8 Å². The summed E-state index contributed by atoms with van der Waals surface area (Å²) in [6, 6.07) is 5.85. The lowest BCUT2D eigenvalue weighted by atomic mass is 10.3. The maximum Gasteiger partial charge on any atom is 0.261 e. The lowest BCUT2D eigenvalue weighted by molar-refractivity contribution is 0.0955. The molecule has 2 N–H and O–H groups in total. The first kappa shape index (κ1) is 14.8. The second kappa shape index (κ2) is 7.25. The van der Waals surface area contributed by atoms with Gasteiger partial charge in [-0.25, -0.2) is 0 Å². The molecule has 0 aromatic carbocycles. The average Bonchev–Trinajstić information content (AvgIpc) is 3.05. The predicted octanol–water partition coefficient (Wildman–Crippen LogP) is 2.78. The number of rotatable bonds is 4. The zero-order valence-electron chi connectivity index (χ0n) is 11.1. The summed E-state index contributed by atoms with van der Waals surface area (Å²) in [7, 11) is 0. The lowest BCUT2D eigenvalue weighted by Gasteiger charge is -2.02. The van der Waals surface area contributed by atoms with E-state index in [1.165, 1.54) is 11.3 Å². The fraction of sp³-hybridized carbons (Fsp3) is 0.267. The van der Waals surface area contributed by atoms with Crippen LogP contribution in [0.15, 0.2) is 23.6 Å². The third-order valence-electron chi connectivity index (χ3n) is 2.60. The molecule has 0 aliphatic heterocycles. The Hall–Kier alpha value is -1.61. The first-order chi connectivity index (χ1) is 9.70. The summed E-state index contributed by atoms with van der Waals surface area (Å²) < 4.78 is 0. The molecule has 5 heteroatoms. The number of thiophene rings is 2. The molecule has 0 aliphatic rings. The molecule has 0 saturated carbocycles. The van der Waals surface area contributed by atoms with E-state index in [-0.39, 0.29) is 12.5 Å². The Morgan fingerprint density at radius 2 is 2.25 bits per heavy atom. The van der Waals surface area contributed by atoms with Crippen LogP contribution < -0.4 is 5.32 Å². The van der Waals surface area contributed by atoms with Gasteiger partial charge in [0.2, 0.25) is 0 Å². The van der Waals surface area contributed by atoms with Crippen LogP contribution in [0.5, 0.6) is 0 Å². The molecule has 0 aliphatic carbocycles. The summed E-state index contributed by atoms with van der Waals surface area (Å²) in [4.78, 5) is 14.8. The molecule has 20 heavy (non-hydrogen) atoms. The molecule has 0 spiro atoms. The summed E-state index contributed by atoms with van der Waals surface area (Å²) >= 11 is 3.02. The maximum absolute atomic E-state index is 12.0. The number of aryl methyl sites for hydroxylation is 1. The second-order valence-electron chi connectivity index (χ2n) is 4.16. The fourth-order valence-corrected chi connectivity index (χ4v) is 3.26. The molecule has 2 aromatic rings. The number of aliphatic hydroxyl groups is 1. The molecule has 2 rings (SSSR count). The minimum Gasteiger partial charge on any atom is -0.395 e. The summed E-state index contributed by atoms with van der Waals surface area (Å²) in [5.74, 6) is 5.84. The van der Waals surface area contributed by atoms with Crippen LogP contribution >= 0.6 is 22.7 Å². The van der Waals surface area contributed by atoms with Gasteiger partial charge in [-0.2, -0.15) is 0 Å². The Balaban J connectivity index is 1.90. The number of carbonyl (C=O) groups excluding carboxylic acids is 1. The Morgan fingerprint density at radius 1 is 1.40 bits per heavy atom. The highest BCUT2D eigenvalue weighted by Gasteiger charge is 2.10. The Morgan fingerprint density at radius 3 is 2.95 bits per heavy atom. The minimum absolute atomic E-state index is 0.0289. The zero-order chi connectivity index (χ0) is 14.4. The summed E-state index contributed by atoms with van der Waals surface area (Å²) in [6.07, 6.45) is 0.488. The van der Waals surface area contributed by atoms with Gasteiger partial charge in [0.15, 0.2) is 0 Å². The van der Waals surface area contributed by atoms with Crippen molar-refractivity contribution in [3.05, 3.63) is 43.8 Å². The van der Waals surface area contributed by atoms with Crippen molar-refractivity contribution in [1.29, 1.82) is 0 Å². The number of amides is 1. The van der Waals surface area contributed by atoms with Crippen LogP contribution in [0.2, 0.25) is 0 Å². The van der Waals surface area contributed by atoms with Gasteiger partial charge >= 0.3 is 0 Å². The van der Waals surface area contributed by atoms with Crippen molar-refractivity contribution < 1.29 is 9.90 Å². The van der Waals surface area contributed by atoms with Crippen LogP contribution in [0.25, 0.3) is 0 Å². The third kappa shape index (κ3) is 3.94. The van der Waals surface area contributed by atoms with Crippen LogP contribution in [0.3, 0.4) is 0 Å².